The summed E-state index contributed by atoms with van der Waals surface area (Å²) in [5.41, 5.74) is 3.85. The Hall–Kier alpha value is -3.21. The zero-order chi connectivity index (χ0) is 20.4. The lowest BCUT2D eigenvalue weighted by atomic mass is 9.74. The Bertz CT molecular complexity index is 1130. The van der Waals surface area contributed by atoms with Crippen molar-refractivity contribution in [2.45, 2.75) is 18.3 Å². The van der Waals surface area contributed by atoms with Crippen molar-refractivity contribution in [2.24, 2.45) is 0 Å². The number of amides is 1. The third kappa shape index (κ3) is 4.12. The minimum Gasteiger partial charge on any atom is -0.280 e. The molecule has 2 aromatic heterocycles. The van der Waals surface area contributed by atoms with Crippen molar-refractivity contribution in [1.82, 2.24) is 9.97 Å². The summed E-state index contributed by atoms with van der Waals surface area (Å²) in [6, 6.07) is 29.6. The topological polar surface area (TPSA) is 46.1 Å². The van der Waals surface area contributed by atoms with E-state index in [0.717, 1.165) is 28.3 Å². The largest absolute Gasteiger partial charge is 0.280 e. The Kier molecular flexibility index (Phi) is 7.29. The molecule has 0 spiro atoms. The highest BCUT2D eigenvalue weighted by Crippen LogP contribution is 2.48. The Labute approximate surface area is 200 Å². The smallest absolute Gasteiger partial charge is 0.243 e. The number of anilines is 2. The van der Waals surface area contributed by atoms with Crippen LogP contribution in [-0.4, -0.2) is 15.9 Å². The van der Waals surface area contributed by atoms with E-state index in [1.807, 2.05) is 89.8 Å². The summed E-state index contributed by atoms with van der Waals surface area (Å²) in [4.78, 5) is 25.1. The third-order valence-electron chi connectivity index (χ3n) is 5.71. The van der Waals surface area contributed by atoms with Crippen LogP contribution in [0.4, 0.5) is 11.4 Å². The van der Waals surface area contributed by atoms with E-state index in [1.165, 1.54) is 0 Å². The lowest BCUT2D eigenvalue weighted by Crippen LogP contribution is -2.42. The maximum atomic E-state index is 14.2. The molecule has 0 saturated heterocycles. The molecule has 2 aromatic carbocycles. The molecule has 0 fully saturated rings. The molecule has 0 radical (unpaired) electrons. The predicted molar refractivity (Wildman–Crippen MR) is 132 cm³/mol. The normalized spacial score (nSPS) is 13.6. The van der Waals surface area contributed by atoms with Crippen molar-refractivity contribution in [3.63, 3.8) is 0 Å². The number of pyridine rings is 2. The van der Waals surface area contributed by atoms with Gasteiger partial charge in [0.05, 0.1) is 11.1 Å². The average molecular weight is 464 g/mol. The molecular weight excluding hydrogens is 441 g/mol. The van der Waals surface area contributed by atoms with Crippen molar-refractivity contribution >= 4 is 42.1 Å². The molecule has 0 N–H and O–H groups in total. The molecule has 0 atom stereocenters. The highest BCUT2D eigenvalue weighted by Gasteiger charge is 2.51. The molecule has 0 aliphatic carbocycles. The van der Waals surface area contributed by atoms with Crippen LogP contribution in [0.5, 0.6) is 0 Å². The van der Waals surface area contributed by atoms with Gasteiger partial charge in [-0.15, -0.1) is 24.8 Å². The van der Waals surface area contributed by atoms with Crippen LogP contribution >= 0.6 is 24.8 Å². The summed E-state index contributed by atoms with van der Waals surface area (Å²) in [5.74, 6) is 0.0613. The zero-order valence-electron chi connectivity index (χ0n) is 17.3. The van der Waals surface area contributed by atoms with Crippen LogP contribution in [0.15, 0.2) is 103 Å². The summed E-state index contributed by atoms with van der Waals surface area (Å²) in [5, 5.41) is 0. The minimum absolute atomic E-state index is 0. The van der Waals surface area contributed by atoms with Gasteiger partial charge >= 0.3 is 0 Å². The van der Waals surface area contributed by atoms with E-state index in [9.17, 15) is 4.79 Å². The first-order chi connectivity index (χ1) is 14.8. The lowest BCUT2D eigenvalue weighted by Gasteiger charge is -2.28. The molecule has 1 amide bonds. The minimum atomic E-state index is -0.769. The van der Waals surface area contributed by atoms with E-state index in [0.29, 0.717) is 12.8 Å². The van der Waals surface area contributed by atoms with Crippen LogP contribution in [0.3, 0.4) is 0 Å². The molecule has 1 aliphatic heterocycles. The van der Waals surface area contributed by atoms with E-state index in [4.69, 9.17) is 0 Å². The summed E-state index contributed by atoms with van der Waals surface area (Å²) in [6.07, 6.45) is 4.60. The van der Waals surface area contributed by atoms with Gasteiger partial charge in [0.15, 0.2) is 0 Å². The maximum absolute atomic E-state index is 14.2. The molecule has 0 bridgehead atoms. The third-order valence-corrected chi connectivity index (χ3v) is 5.71. The number of hydrogen-bond acceptors (Lipinski definition) is 3. The second kappa shape index (κ2) is 9.94. The number of rotatable bonds is 5. The van der Waals surface area contributed by atoms with Crippen molar-refractivity contribution < 1.29 is 4.79 Å². The maximum Gasteiger partial charge on any atom is 0.243 e. The molecule has 4 nitrogen and oxygen atoms in total. The number of para-hydroxylation sites is 2. The van der Waals surface area contributed by atoms with Crippen LogP contribution in [0.1, 0.15) is 17.0 Å². The monoisotopic (exact) mass is 463 g/mol. The number of carbonyl (C=O) groups is 1. The fourth-order valence-electron chi connectivity index (χ4n) is 4.37. The molecule has 0 saturated carbocycles. The molecule has 162 valence electrons. The molecule has 1 aliphatic rings. The standard InChI is InChI=1S/C26H21N3O.2ClH/c30-25-26(18-20-10-6-8-16-27-20,19-21-11-7-9-17-28-21)23-14-4-5-15-24(23)29(25)22-12-2-1-3-13-22;;/h1-17H,18-19H2;2*1H. The van der Waals surface area contributed by atoms with Crippen LogP contribution in [0.2, 0.25) is 0 Å². The van der Waals surface area contributed by atoms with Gasteiger partial charge in [-0.1, -0.05) is 48.5 Å². The van der Waals surface area contributed by atoms with Crippen molar-refractivity contribution in [3.8, 4) is 0 Å². The first-order valence-electron chi connectivity index (χ1n) is 10.1. The Morgan fingerprint density at radius 2 is 1.19 bits per heavy atom. The van der Waals surface area contributed by atoms with Crippen LogP contribution in [0, 0.1) is 0 Å². The number of carbonyl (C=O) groups excluding carboxylic acids is 1. The van der Waals surface area contributed by atoms with Crippen LogP contribution in [-0.2, 0) is 23.1 Å². The first-order valence-corrected chi connectivity index (χ1v) is 10.1. The van der Waals surface area contributed by atoms with Crippen LogP contribution in [0.25, 0.3) is 0 Å². The fourth-order valence-corrected chi connectivity index (χ4v) is 4.37. The summed E-state index contributed by atoms with van der Waals surface area (Å²) in [7, 11) is 0. The van der Waals surface area contributed by atoms with E-state index in [1.54, 1.807) is 12.4 Å². The number of aromatic nitrogens is 2. The Morgan fingerprint density at radius 3 is 1.75 bits per heavy atom. The van der Waals surface area contributed by atoms with Gasteiger partial charge in [-0.05, 0) is 48.0 Å². The number of halogens is 2. The zero-order valence-corrected chi connectivity index (χ0v) is 18.9. The van der Waals surface area contributed by atoms with Gasteiger partial charge in [0.25, 0.3) is 0 Å². The Balaban J connectivity index is 0.00000144. The molecule has 6 heteroatoms. The van der Waals surface area contributed by atoms with Crippen molar-refractivity contribution in [2.75, 3.05) is 4.90 Å². The van der Waals surface area contributed by atoms with E-state index < -0.39 is 5.41 Å². The molecule has 0 unspecified atom stereocenters. The van der Waals surface area contributed by atoms with E-state index in [-0.39, 0.29) is 30.7 Å². The molecule has 5 rings (SSSR count). The van der Waals surface area contributed by atoms with E-state index in [2.05, 4.69) is 16.0 Å². The SMILES string of the molecule is Cl.Cl.O=C1N(c2ccccc2)c2ccccc2C1(Cc1ccccn1)Cc1ccccn1. The number of nitrogens with zero attached hydrogens (tertiary/aromatic N) is 3. The predicted octanol–water partition coefficient (Wildman–Crippen LogP) is 5.72. The highest BCUT2D eigenvalue weighted by molar-refractivity contribution is 6.13. The summed E-state index contributed by atoms with van der Waals surface area (Å²) < 4.78 is 0. The van der Waals surface area contributed by atoms with Gasteiger partial charge in [0, 0.05) is 42.3 Å². The van der Waals surface area contributed by atoms with Gasteiger partial charge in [0.1, 0.15) is 0 Å². The second-order valence-corrected chi connectivity index (χ2v) is 7.57. The Morgan fingerprint density at radius 1 is 0.656 bits per heavy atom. The lowest BCUT2D eigenvalue weighted by molar-refractivity contribution is -0.122. The van der Waals surface area contributed by atoms with Crippen LogP contribution < -0.4 is 4.90 Å². The highest BCUT2D eigenvalue weighted by atomic mass is 35.5. The first kappa shape index (κ1) is 23.5. The number of benzene rings is 2. The fraction of sp³-hybridized carbons (Fsp3) is 0.115. The summed E-state index contributed by atoms with van der Waals surface area (Å²) >= 11 is 0. The van der Waals surface area contributed by atoms with Gasteiger partial charge in [-0.2, -0.15) is 0 Å². The molecule has 32 heavy (non-hydrogen) atoms. The van der Waals surface area contributed by atoms with E-state index >= 15 is 0 Å². The average Bonchev–Trinajstić information content (AvgIpc) is 3.04. The van der Waals surface area contributed by atoms with Gasteiger partial charge in [-0.25, -0.2) is 0 Å². The van der Waals surface area contributed by atoms with Crippen molar-refractivity contribution in [1.29, 1.82) is 0 Å². The molecular formula is C26H23Cl2N3O. The van der Waals surface area contributed by atoms with Gasteiger partial charge in [-0.3, -0.25) is 19.7 Å². The second-order valence-electron chi connectivity index (χ2n) is 7.57. The van der Waals surface area contributed by atoms with Crippen molar-refractivity contribution in [3.05, 3.63) is 120 Å². The van der Waals surface area contributed by atoms with Gasteiger partial charge < -0.3 is 0 Å². The summed E-state index contributed by atoms with van der Waals surface area (Å²) in [6.45, 7) is 0. The number of hydrogen-bond donors (Lipinski definition) is 0. The molecule has 4 aromatic rings. The van der Waals surface area contributed by atoms with Gasteiger partial charge in [0.2, 0.25) is 5.91 Å². The quantitative estimate of drug-likeness (QED) is 0.380. The molecule has 3 heterocycles. The number of fused-ring (bicyclic) bond motifs is 1.